The van der Waals surface area contributed by atoms with Crippen molar-refractivity contribution in [3.05, 3.63) is 29.5 Å². The van der Waals surface area contributed by atoms with Crippen molar-refractivity contribution in [2.75, 3.05) is 19.6 Å². The van der Waals surface area contributed by atoms with Crippen molar-refractivity contribution >= 4 is 42.1 Å². The third kappa shape index (κ3) is 4.23. The quantitative estimate of drug-likeness (QED) is 0.905. The van der Waals surface area contributed by atoms with Gasteiger partial charge in [-0.2, -0.15) is 0 Å². The first-order chi connectivity index (χ1) is 9.76. The second-order valence-electron chi connectivity index (χ2n) is 5.03. The molecule has 2 aromatic heterocycles. The lowest BCUT2D eigenvalue weighted by molar-refractivity contribution is -0.129. The number of carbonyl (C=O) groups is 1. The fourth-order valence-corrected chi connectivity index (χ4v) is 3.08. The number of nitrogens with zero attached hydrogens (tertiary/aromatic N) is 2. The summed E-state index contributed by atoms with van der Waals surface area (Å²) < 4.78 is 5.42. The van der Waals surface area contributed by atoms with Crippen LogP contribution < -0.4 is 5.73 Å². The Bertz CT molecular complexity index is 589. The third-order valence-corrected chi connectivity index (χ3v) is 4.45. The van der Waals surface area contributed by atoms with Gasteiger partial charge in [-0.3, -0.25) is 4.79 Å². The molecule has 0 bridgehead atoms. The van der Waals surface area contributed by atoms with E-state index in [1.165, 1.54) is 0 Å². The van der Waals surface area contributed by atoms with E-state index in [2.05, 4.69) is 4.98 Å². The number of carbonyl (C=O) groups excluding carboxylic acids is 1. The molecule has 2 N–H and O–H groups in total. The van der Waals surface area contributed by atoms with Gasteiger partial charge in [0.05, 0.1) is 17.0 Å². The molecule has 0 saturated carbocycles. The number of halogens is 2. The van der Waals surface area contributed by atoms with E-state index in [0.717, 1.165) is 24.4 Å². The molecular weight excluding hydrogens is 345 g/mol. The number of likely N-dealkylation sites (tertiary alicyclic amines) is 1. The molecular formula is C14H19Cl2N3O2S. The molecule has 1 aliphatic rings. The Morgan fingerprint density at radius 3 is 2.95 bits per heavy atom. The number of rotatable bonds is 4. The van der Waals surface area contributed by atoms with Gasteiger partial charge in [-0.25, -0.2) is 4.98 Å². The Hall–Kier alpha value is -1.08. The van der Waals surface area contributed by atoms with Gasteiger partial charge in [-0.15, -0.1) is 36.2 Å². The molecule has 0 aliphatic carbocycles. The summed E-state index contributed by atoms with van der Waals surface area (Å²) in [5.41, 5.74) is 6.33. The number of hydrogen-bond acceptors (Lipinski definition) is 5. The number of amides is 1. The highest BCUT2D eigenvalue weighted by Crippen LogP contribution is 2.24. The summed E-state index contributed by atoms with van der Waals surface area (Å²) in [5.74, 6) is 1.13. The maximum atomic E-state index is 12.2. The molecule has 22 heavy (non-hydrogen) atoms. The molecule has 0 aromatic carbocycles. The summed E-state index contributed by atoms with van der Waals surface area (Å²) in [6, 6.07) is 3.90. The molecule has 2 aromatic rings. The van der Waals surface area contributed by atoms with Crippen LogP contribution in [0.2, 0.25) is 0 Å². The van der Waals surface area contributed by atoms with Crippen molar-refractivity contribution in [3.63, 3.8) is 0 Å². The van der Waals surface area contributed by atoms with Gasteiger partial charge in [-0.1, -0.05) is 6.07 Å². The predicted molar refractivity (Wildman–Crippen MR) is 91.8 cm³/mol. The van der Waals surface area contributed by atoms with E-state index in [4.69, 9.17) is 10.2 Å². The first-order valence-corrected chi connectivity index (χ1v) is 7.60. The van der Waals surface area contributed by atoms with Crippen molar-refractivity contribution in [1.29, 1.82) is 0 Å². The van der Waals surface area contributed by atoms with Gasteiger partial charge in [-0.05, 0) is 30.3 Å². The van der Waals surface area contributed by atoms with Crippen LogP contribution in [0.3, 0.4) is 0 Å². The van der Waals surface area contributed by atoms with Crippen LogP contribution in [0.4, 0.5) is 0 Å². The van der Waals surface area contributed by atoms with Gasteiger partial charge in [0.15, 0.2) is 0 Å². The van der Waals surface area contributed by atoms with Crippen molar-refractivity contribution < 1.29 is 9.21 Å². The Kier molecular flexibility index (Phi) is 7.35. The number of nitrogens with two attached hydrogens (primary N) is 1. The second kappa shape index (κ2) is 8.53. The van der Waals surface area contributed by atoms with Gasteiger partial charge >= 0.3 is 0 Å². The van der Waals surface area contributed by atoms with Crippen LogP contribution in [0, 0.1) is 5.92 Å². The number of hydrogen-bond donors (Lipinski definition) is 1. The zero-order valence-corrected chi connectivity index (χ0v) is 14.4. The molecule has 1 aliphatic heterocycles. The molecule has 0 spiro atoms. The molecule has 3 heterocycles. The predicted octanol–water partition coefficient (Wildman–Crippen LogP) is 2.60. The Morgan fingerprint density at radius 2 is 2.32 bits per heavy atom. The van der Waals surface area contributed by atoms with E-state index in [1.54, 1.807) is 17.6 Å². The SMILES string of the molecule is Cl.Cl.NCC1CCN(C(=O)Cc2coc(-c3cccs3)n2)C1. The van der Waals surface area contributed by atoms with Crippen LogP contribution in [0.5, 0.6) is 0 Å². The van der Waals surface area contributed by atoms with Crippen molar-refractivity contribution in [1.82, 2.24) is 9.88 Å². The van der Waals surface area contributed by atoms with Crippen LogP contribution in [0.15, 0.2) is 28.2 Å². The zero-order valence-electron chi connectivity index (χ0n) is 11.9. The van der Waals surface area contributed by atoms with Crippen LogP contribution in [-0.2, 0) is 11.2 Å². The molecule has 1 unspecified atom stereocenters. The van der Waals surface area contributed by atoms with Gasteiger partial charge in [0.25, 0.3) is 0 Å². The first-order valence-electron chi connectivity index (χ1n) is 6.72. The third-order valence-electron chi connectivity index (χ3n) is 3.59. The van der Waals surface area contributed by atoms with E-state index in [0.29, 0.717) is 30.5 Å². The molecule has 1 atom stereocenters. The lowest BCUT2D eigenvalue weighted by Gasteiger charge is -2.15. The normalized spacial score (nSPS) is 17.0. The van der Waals surface area contributed by atoms with Crippen molar-refractivity contribution in [2.24, 2.45) is 11.7 Å². The Labute approximate surface area is 145 Å². The lowest BCUT2D eigenvalue weighted by atomic mass is 10.1. The van der Waals surface area contributed by atoms with E-state index in [9.17, 15) is 4.79 Å². The zero-order chi connectivity index (χ0) is 13.9. The van der Waals surface area contributed by atoms with Gasteiger partial charge in [0.2, 0.25) is 11.8 Å². The molecule has 1 fully saturated rings. The fourth-order valence-electron chi connectivity index (χ4n) is 2.42. The number of oxazole rings is 1. The fraction of sp³-hybridized carbons (Fsp3) is 0.429. The molecule has 5 nitrogen and oxygen atoms in total. The molecule has 0 radical (unpaired) electrons. The van der Waals surface area contributed by atoms with Gasteiger partial charge in [0, 0.05) is 13.1 Å². The molecule has 3 rings (SSSR count). The summed E-state index contributed by atoms with van der Waals surface area (Å²) in [6.07, 6.45) is 2.87. The Balaban J connectivity index is 0.00000121. The minimum absolute atomic E-state index is 0. The molecule has 8 heteroatoms. The van der Waals surface area contributed by atoms with Crippen LogP contribution in [0.25, 0.3) is 10.8 Å². The first kappa shape index (κ1) is 19.0. The molecule has 122 valence electrons. The largest absolute Gasteiger partial charge is 0.444 e. The van der Waals surface area contributed by atoms with Crippen LogP contribution in [0.1, 0.15) is 12.1 Å². The van der Waals surface area contributed by atoms with Crippen LogP contribution >= 0.6 is 36.2 Å². The standard InChI is InChI=1S/C14H17N3O2S.2ClH/c15-7-10-3-4-17(8-10)13(18)6-11-9-19-14(16-11)12-2-1-5-20-12;;/h1-2,5,9-10H,3-4,6-8,15H2;2*1H. The summed E-state index contributed by atoms with van der Waals surface area (Å²) >= 11 is 1.57. The number of aromatic nitrogens is 1. The highest BCUT2D eigenvalue weighted by atomic mass is 35.5. The van der Waals surface area contributed by atoms with E-state index in [-0.39, 0.29) is 30.7 Å². The Morgan fingerprint density at radius 1 is 1.50 bits per heavy atom. The molecule has 1 amide bonds. The highest BCUT2D eigenvalue weighted by Gasteiger charge is 2.25. The van der Waals surface area contributed by atoms with E-state index in [1.807, 2.05) is 22.4 Å². The average Bonchev–Trinajstić information content (AvgIpc) is 3.19. The van der Waals surface area contributed by atoms with Crippen molar-refractivity contribution in [3.8, 4) is 10.8 Å². The minimum atomic E-state index is 0. The molecule has 1 saturated heterocycles. The van der Waals surface area contributed by atoms with Crippen LogP contribution in [-0.4, -0.2) is 35.4 Å². The van der Waals surface area contributed by atoms with E-state index >= 15 is 0 Å². The maximum absolute atomic E-state index is 12.2. The summed E-state index contributed by atoms with van der Waals surface area (Å²) in [6.45, 7) is 2.22. The van der Waals surface area contributed by atoms with E-state index < -0.39 is 0 Å². The summed E-state index contributed by atoms with van der Waals surface area (Å²) in [5, 5.41) is 1.97. The van der Waals surface area contributed by atoms with Crippen molar-refractivity contribution in [2.45, 2.75) is 12.8 Å². The smallest absolute Gasteiger partial charge is 0.236 e. The van der Waals surface area contributed by atoms with Gasteiger partial charge < -0.3 is 15.1 Å². The second-order valence-corrected chi connectivity index (χ2v) is 5.98. The maximum Gasteiger partial charge on any atom is 0.236 e. The lowest BCUT2D eigenvalue weighted by Crippen LogP contribution is -2.31. The monoisotopic (exact) mass is 363 g/mol. The summed E-state index contributed by atoms with van der Waals surface area (Å²) in [7, 11) is 0. The number of thiophene rings is 1. The average molecular weight is 364 g/mol. The van der Waals surface area contributed by atoms with Gasteiger partial charge in [0.1, 0.15) is 6.26 Å². The topological polar surface area (TPSA) is 72.4 Å². The summed E-state index contributed by atoms with van der Waals surface area (Å²) in [4.78, 5) is 19.4. The highest BCUT2D eigenvalue weighted by molar-refractivity contribution is 7.13. The minimum Gasteiger partial charge on any atom is -0.444 e.